The monoisotopic (exact) mass is 444 g/mol. The van der Waals surface area contributed by atoms with Gasteiger partial charge < -0.3 is 14.7 Å². The molecule has 3 aliphatic rings. The molecule has 0 radical (unpaired) electrons. The molecule has 1 aromatic heterocycles. The number of nitriles is 1. The highest BCUT2D eigenvalue weighted by molar-refractivity contribution is 5.68. The van der Waals surface area contributed by atoms with Gasteiger partial charge in [-0.15, -0.1) is 0 Å². The summed E-state index contributed by atoms with van der Waals surface area (Å²) in [5, 5.41) is 10.2. The molecule has 2 fully saturated rings. The Kier molecular flexibility index (Phi) is 6.52. The van der Waals surface area contributed by atoms with E-state index in [1.165, 1.54) is 29.5 Å². The Morgan fingerprint density at radius 2 is 1.61 bits per heavy atom. The van der Waals surface area contributed by atoms with Gasteiger partial charge in [-0.2, -0.15) is 5.26 Å². The SMILES string of the molecule is CC1CCN(c2nc(N3CCN(C)CC3)c(C#N)c3c2CN(Cc2ccccc2)CC3)CC1. The van der Waals surface area contributed by atoms with Crippen LogP contribution >= 0.6 is 0 Å². The minimum Gasteiger partial charge on any atom is -0.356 e. The summed E-state index contributed by atoms with van der Waals surface area (Å²) < 4.78 is 0. The van der Waals surface area contributed by atoms with E-state index in [2.05, 4.69) is 70.0 Å². The topological polar surface area (TPSA) is 49.6 Å². The molecule has 0 spiro atoms. The molecular formula is C27H36N6. The van der Waals surface area contributed by atoms with E-state index in [0.29, 0.717) is 0 Å². The maximum absolute atomic E-state index is 10.2. The van der Waals surface area contributed by atoms with Crippen molar-refractivity contribution in [3.8, 4) is 6.07 Å². The number of rotatable bonds is 4. The summed E-state index contributed by atoms with van der Waals surface area (Å²) in [4.78, 5) is 15.0. The molecule has 2 saturated heterocycles. The first-order chi connectivity index (χ1) is 16.1. The number of fused-ring (bicyclic) bond motifs is 1. The second-order valence-electron chi connectivity index (χ2n) is 10.1. The van der Waals surface area contributed by atoms with Crippen molar-refractivity contribution in [2.45, 2.75) is 39.3 Å². The number of pyridine rings is 1. The summed E-state index contributed by atoms with van der Waals surface area (Å²) in [7, 11) is 2.17. The Hall–Kier alpha value is -2.62. The van der Waals surface area contributed by atoms with Crippen molar-refractivity contribution in [3.63, 3.8) is 0 Å². The van der Waals surface area contributed by atoms with Crippen LogP contribution in [0.25, 0.3) is 0 Å². The third kappa shape index (κ3) is 4.71. The number of aromatic nitrogens is 1. The number of piperidine rings is 1. The lowest BCUT2D eigenvalue weighted by molar-refractivity contribution is 0.245. The largest absolute Gasteiger partial charge is 0.356 e. The quantitative estimate of drug-likeness (QED) is 0.719. The van der Waals surface area contributed by atoms with Crippen LogP contribution in [0.5, 0.6) is 0 Å². The average molecular weight is 445 g/mol. The summed E-state index contributed by atoms with van der Waals surface area (Å²) in [6, 6.07) is 13.3. The number of hydrogen-bond donors (Lipinski definition) is 0. The number of anilines is 2. The molecule has 0 aliphatic carbocycles. The number of piperazine rings is 1. The maximum Gasteiger partial charge on any atom is 0.149 e. The lowest BCUT2D eigenvalue weighted by atomic mass is 9.93. The Morgan fingerprint density at radius 1 is 0.909 bits per heavy atom. The third-order valence-electron chi connectivity index (χ3n) is 7.68. The summed E-state index contributed by atoms with van der Waals surface area (Å²) in [5.41, 5.74) is 4.71. The number of likely N-dealkylation sites (N-methyl/N-ethyl adjacent to an activating group) is 1. The van der Waals surface area contributed by atoms with Crippen molar-refractivity contribution in [1.29, 1.82) is 5.26 Å². The van der Waals surface area contributed by atoms with Gasteiger partial charge in [-0.3, -0.25) is 4.90 Å². The van der Waals surface area contributed by atoms with Crippen molar-refractivity contribution in [2.75, 3.05) is 62.7 Å². The molecule has 174 valence electrons. The van der Waals surface area contributed by atoms with Crippen LogP contribution in [-0.4, -0.2) is 67.6 Å². The number of benzene rings is 1. The molecule has 3 aliphatic heterocycles. The van der Waals surface area contributed by atoms with E-state index >= 15 is 0 Å². The van der Waals surface area contributed by atoms with E-state index < -0.39 is 0 Å². The van der Waals surface area contributed by atoms with Gasteiger partial charge in [0.05, 0.1) is 5.56 Å². The van der Waals surface area contributed by atoms with E-state index in [4.69, 9.17) is 4.98 Å². The Balaban J connectivity index is 1.51. The number of hydrogen-bond acceptors (Lipinski definition) is 6. The fourth-order valence-electron chi connectivity index (χ4n) is 5.48. The second-order valence-corrected chi connectivity index (χ2v) is 10.1. The zero-order valence-electron chi connectivity index (χ0n) is 20.1. The number of nitrogens with zero attached hydrogens (tertiary/aromatic N) is 6. The van der Waals surface area contributed by atoms with Gasteiger partial charge >= 0.3 is 0 Å². The molecule has 4 heterocycles. The normalized spacial score (nSPS) is 20.5. The predicted molar refractivity (Wildman–Crippen MR) is 134 cm³/mol. The molecule has 0 N–H and O–H groups in total. The van der Waals surface area contributed by atoms with Crippen molar-refractivity contribution >= 4 is 11.6 Å². The van der Waals surface area contributed by atoms with Crippen molar-refractivity contribution < 1.29 is 0 Å². The molecule has 1 aromatic carbocycles. The molecule has 0 amide bonds. The van der Waals surface area contributed by atoms with Crippen LogP contribution in [0.2, 0.25) is 0 Å². The highest BCUT2D eigenvalue weighted by Gasteiger charge is 2.31. The van der Waals surface area contributed by atoms with Gasteiger partial charge in [-0.1, -0.05) is 37.3 Å². The molecule has 0 saturated carbocycles. The first kappa shape index (κ1) is 22.2. The highest BCUT2D eigenvalue weighted by atomic mass is 15.3. The Bertz CT molecular complexity index is 998. The van der Waals surface area contributed by atoms with Gasteiger partial charge in [0.15, 0.2) is 0 Å². The van der Waals surface area contributed by atoms with Gasteiger partial charge in [0.2, 0.25) is 0 Å². The van der Waals surface area contributed by atoms with E-state index in [9.17, 15) is 5.26 Å². The standard InChI is InChI=1S/C27H36N6/c1-21-8-12-32(13-9-21)27-25-20-31(19-22-6-4-3-5-7-22)11-10-23(25)24(18-28)26(29-27)33-16-14-30(2)15-17-33/h3-7,21H,8-17,19-20H2,1-2H3. The average Bonchev–Trinajstić information content (AvgIpc) is 2.85. The van der Waals surface area contributed by atoms with Gasteiger partial charge in [0.1, 0.15) is 17.7 Å². The summed E-state index contributed by atoms with van der Waals surface area (Å²) in [5.74, 6) is 2.85. The summed E-state index contributed by atoms with van der Waals surface area (Å²) in [6.07, 6.45) is 3.35. The Labute approximate surface area is 198 Å². The van der Waals surface area contributed by atoms with Crippen LogP contribution in [0.15, 0.2) is 30.3 Å². The van der Waals surface area contributed by atoms with Crippen LogP contribution in [0.3, 0.4) is 0 Å². The van der Waals surface area contributed by atoms with E-state index in [1.807, 2.05) is 0 Å². The summed E-state index contributed by atoms with van der Waals surface area (Å²) in [6.45, 7) is 11.2. The lowest BCUT2D eigenvalue weighted by Crippen LogP contribution is -2.46. The predicted octanol–water partition coefficient (Wildman–Crippen LogP) is 3.50. The van der Waals surface area contributed by atoms with Crippen LogP contribution in [0.1, 0.15) is 42.0 Å². The molecule has 6 nitrogen and oxygen atoms in total. The first-order valence-corrected chi connectivity index (χ1v) is 12.5. The molecule has 6 heteroatoms. The van der Waals surface area contributed by atoms with Crippen LogP contribution in [-0.2, 0) is 19.5 Å². The van der Waals surface area contributed by atoms with Gasteiger partial charge in [0.25, 0.3) is 0 Å². The third-order valence-corrected chi connectivity index (χ3v) is 7.68. The van der Waals surface area contributed by atoms with Gasteiger partial charge in [-0.25, -0.2) is 4.98 Å². The zero-order valence-corrected chi connectivity index (χ0v) is 20.1. The van der Waals surface area contributed by atoms with Crippen LogP contribution in [0, 0.1) is 17.2 Å². The molecule has 33 heavy (non-hydrogen) atoms. The minimum atomic E-state index is 0.780. The lowest BCUT2D eigenvalue weighted by Gasteiger charge is -2.39. The fourth-order valence-corrected chi connectivity index (χ4v) is 5.48. The molecule has 2 aromatic rings. The van der Waals surface area contributed by atoms with E-state index in [1.54, 1.807) is 0 Å². The van der Waals surface area contributed by atoms with E-state index in [0.717, 1.165) is 88.4 Å². The van der Waals surface area contributed by atoms with Crippen molar-refractivity contribution in [3.05, 3.63) is 52.6 Å². The Morgan fingerprint density at radius 3 is 2.30 bits per heavy atom. The van der Waals surface area contributed by atoms with Crippen molar-refractivity contribution in [1.82, 2.24) is 14.8 Å². The van der Waals surface area contributed by atoms with Crippen LogP contribution < -0.4 is 9.80 Å². The molecule has 0 bridgehead atoms. The van der Waals surface area contributed by atoms with Gasteiger partial charge in [0, 0.05) is 64.5 Å². The molecular weight excluding hydrogens is 408 g/mol. The maximum atomic E-state index is 10.2. The molecule has 5 rings (SSSR count). The minimum absolute atomic E-state index is 0.780. The molecule has 0 atom stereocenters. The molecule has 0 unspecified atom stereocenters. The van der Waals surface area contributed by atoms with E-state index in [-0.39, 0.29) is 0 Å². The highest BCUT2D eigenvalue weighted by Crippen LogP contribution is 2.37. The van der Waals surface area contributed by atoms with Gasteiger partial charge in [-0.05, 0) is 43.4 Å². The smallest absolute Gasteiger partial charge is 0.149 e. The fraction of sp³-hybridized carbons (Fsp3) is 0.556. The summed E-state index contributed by atoms with van der Waals surface area (Å²) >= 11 is 0. The van der Waals surface area contributed by atoms with Crippen LogP contribution in [0.4, 0.5) is 11.6 Å². The van der Waals surface area contributed by atoms with Crippen molar-refractivity contribution in [2.24, 2.45) is 5.92 Å². The first-order valence-electron chi connectivity index (χ1n) is 12.5. The zero-order chi connectivity index (χ0) is 22.8. The second kappa shape index (κ2) is 9.70.